The minimum atomic E-state index is 0.338. The molecule has 1 atom stereocenters. The lowest BCUT2D eigenvalue weighted by Gasteiger charge is -2.43. The normalized spacial score (nSPS) is 22.8. The van der Waals surface area contributed by atoms with Gasteiger partial charge in [0.15, 0.2) is 0 Å². The molecule has 0 saturated carbocycles. The lowest BCUT2D eigenvalue weighted by molar-refractivity contribution is -0.128. The van der Waals surface area contributed by atoms with E-state index in [-0.39, 0.29) is 0 Å². The Labute approximate surface area is 81.8 Å². The second kappa shape index (κ2) is 4.43. The molecule has 0 bridgehead atoms. The minimum Gasteiger partial charge on any atom is -0.380 e. The van der Waals surface area contributed by atoms with Crippen LogP contribution in [0.1, 0.15) is 40.0 Å². The van der Waals surface area contributed by atoms with E-state index in [1.807, 2.05) is 0 Å². The third-order valence-electron chi connectivity index (χ3n) is 2.79. The van der Waals surface area contributed by atoms with Gasteiger partial charge in [0.2, 0.25) is 0 Å². The van der Waals surface area contributed by atoms with E-state index in [1.54, 1.807) is 0 Å². The number of hydrogen-bond donors (Lipinski definition) is 1. The van der Waals surface area contributed by atoms with Gasteiger partial charge in [0, 0.05) is 11.5 Å². The van der Waals surface area contributed by atoms with Crippen LogP contribution in [0.2, 0.25) is 0 Å². The fourth-order valence-electron chi connectivity index (χ4n) is 2.15. The van der Waals surface area contributed by atoms with E-state index < -0.39 is 0 Å². The quantitative estimate of drug-likeness (QED) is 0.712. The summed E-state index contributed by atoms with van der Waals surface area (Å²) in [5.74, 6) is 0.775. The lowest BCUT2D eigenvalue weighted by atomic mass is 9.74. The molecular formula is C11H23NO. The molecule has 0 amide bonds. The summed E-state index contributed by atoms with van der Waals surface area (Å²) >= 11 is 0. The molecule has 2 N–H and O–H groups in total. The molecule has 1 aliphatic heterocycles. The Kier molecular flexibility index (Phi) is 3.74. The first-order valence-corrected chi connectivity index (χ1v) is 5.37. The highest BCUT2D eigenvalue weighted by molar-refractivity contribution is 4.87. The van der Waals surface area contributed by atoms with E-state index in [0.717, 1.165) is 25.6 Å². The number of ether oxygens (including phenoxy) is 1. The fraction of sp³-hybridized carbons (Fsp3) is 1.00. The van der Waals surface area contributed by atoms with E-state index >= 15 is 0 Å². The van der Waals surface area contributed by atoms with Gasteiger partial charge in [-0.2, -0.15) is 0 Å². The SMILES string of the molecule is CC(C)CC1(CCC(C)N)COC1. The molecule has 1 fully saturated rings. The van der Waals surface area contributed by atoms with Crippen molar-refractivity contribution in [3.8, 4) is 0 Å². The standard InChI is InChI=1S/C11H23NO/c1-9(2)6-11(7-13-8-11)5-4-10(3)12/h9-10H,4-8,12H2,1-3H3. The van der Waals surface area contributed by atoms with Gasteiger partial charge in [-0.15, -0.1) is 0 Å². The van der Waals surface area contributed by atoms with Gasteiger partial charge in [0.05, 0.1) is 13.2 Å². The molecule has 2 heteroatoms. The van der Waals surface area contributed by atoms with Crippen LogP contribution in [0.25, 0.3) is 0 Å². The molecule has 0 aliphatic carbocycles. The topological polar surface area (TPSA) is 35.2 Å². The number of nitrogens with two attached hydrogens (primary N) is 1. The van der Waals surface area contributed by atoms with Crippen molar-refractivity contribution in [2.45, 2.75) is 46.1 Å². The zero-order valence-electron chi connectivity index (χ0n) is 9.18. The van der Waals surface area contributed by atoms with Crippen LogP contribution < -0.4 is 5.73 Å². The van der Waals surface area contributed by atoms with Crippen LogP contribution in [0.15, 0.2) is 0 Å². The van der Waals surface area contributed by atoms with E-state index in [1.165, 1.54) is 12.8 Å². The van der Waals surface area contributed by atoms with Crippen LogP contribution >= 0.6 is 0 Å². The van der Waals surface area contributed by atoms with Crippen LogP contribution in [0.4, 0.5) is 0 Å². The van der Waals surface area contributed by atoms with E-state index in [4.69, 9.17) is 10.5 Å². The molecule has 1 unspecified atom stereocenters. The molecule has 1 saturated heterocycles. The van der Waals surface area contributed by atoms with Gasteiger partial charge in [-0.25, -0.2) is 0 Å². The largest absolute Gasteiger partial charge is 0.380 e. The van der Waals surface area contributed by atoms with Crippen molar-refractivity contribution in [1.82, 2.24) is 0 Å². The first-order valence-electron chi connectivity index (χ1n) is 5.37. The van der Waals surface area contributed by atoms with E-state index in [0.29, 0.717) is 11.5 Å². The smallest absolute Gasteiger partial charge is 0.0544 e. The third-order valence-corrected chi connectivity index (χ3v) is 2.79. The Bertz CT molecular complexity index is 150. The van der Waals surface area contributed by atoms with Crippen molar-refractivity contribution in [2.75, 3.05) is 13.2 Å². The summed E-state index contributed by atoms with van der Waals surface area (Å²) < 4.78 is 5.33. The fourth-order valence-corrected chi connectivity index (χ4v) is 2.15. The van der Waals surface area contributed by atoms with Crippen LogP contribution in [0.5, 0.6) is 0 Å². The summed E-state index contributed by atoms with van der Waals surface area (Å²) in [6, 6.07) is 0.338. The highest BCUT2D eigenvalue weighted by Gasteiger charge is 2.38. The Morgan fingerprint density at radius 3 is 2.23 bits per heavy atom. The molecule has 2 nitrogen and oxygen atoms in total. The predicted molar refractivity (Wildman–Crippen MR) is 55.6 cm³/mol. The van der Waals surface area contributed by atoms with Crippen LogP contribution in [0, 0.1) is 11.3 Å². The van der Waals surface area contributed by atoms with Crippen LogP contribution in [-0.4, -0.2) is 19.3 Å². The number of rotatable bonds is 5. The molecule has 1 heterocycles. The summed E-state index contributed by atoms with van der Waals surface area (Å²) in [5, 5.41) is 0. The molecular weight excluding hydrogens is 162 g/mol. The summed E-state index contributed by atoms with van der Waals surface area (Å²) in [6.07, 6.45) is 3.67. The van der Waals surface area contributed by atoms with Gasteiger partial charge in [-0.05, 0) is 32.1 Å². The third kappa shape index (κ3) is 3.28. The van der Waals surface area contributed by atoms with Crippen molar-refractivity contribution in [3.63, 3.8) is 0 Å². The average Bonchev–Trinajstić information content (AvgIpc) is 1.93. The first-order chi connectivity index (χ1) is 6.04. The van der Waals surface area contributed by atoms with Crippen molar-refractivity contribution in [1.29, 1.82) is 0 Å². The molecule has 78 valence electrons. The van der Waals surface area contributed by atoms with Gasteiger partial charge in [0.1, 0.15) is 0 Å². The molecule has 0 aromatic heterocycles. The second-order valence-electron chi connectivity index (χ2n) is 5.11. The van der Waals surface area contributed by atoms with Crippen molar-refractivity contribution >= 4 is 0 Å². The van der Waals surface area contributed by atoms with Gasteiger partial charge < -0.3 is 10.5 Å². The zero-order valence-corrected chi connectivity index (χ0v) is 9.18. The summed E-state index contributed by atoms with van der Waals surface area (Å²) in [6.45, 7) is 8.57. The predicted octanol–water partition coefficient (Wildman–Crippen LogP) is 2.18. The van der Waals surface area contributed by atoms with Gasteiger partial charge in [0.25, 0.3) is 0 Å². The molecule has 0 aromatic rings. The van der Waals surface area contributed by atoms with Gasteiger partial charge >= 0.3 is 0 Å². The summed E-state index contributed by atoms with van der Waals surface area (Å²) in [7, 11) is 0. The maximum atomic E-state index is 5.77. The Morgan fingerprint density at radius 1 is 1.31 bits per heavy atom. The maximum Gasteiger partial charge on any atom is 0.0544 e. The zero-order chi connectivity index (χ0) is 9.90. The van der Waals surface area contributed by atoms with Crippen molar-refractivity contribution < 1.29 is 4.74 Å². The highest BCUT2D eigenvalue weighted by Crippen LogP contribution is 2.39. The molecule has 13 heavy (non-hydrogen) atoms. The molecule has 0 aromatic carbocycles. The Hall–Kier alpha value is -0.0800. The van der Waals surface area contributed by atoms with E-state index in [9.17, 15) is 0 Å². The second-order valence-corrected chi connectivity index (χ2v) is 5.11. The molecule has 1 aliphatic rings. The number of hydrogen-bond acceptors (Lipinski definition) is 2. The van der Waals surface area contributed by atoms with Crippen LogP contribution in [-0.2, 0) is 4.74 Å². The average molecular weight is 185 g/mol. The monoisotopic (exact) mass is 185 g/mol. The first kappa shape index (κ1) is 11.0. The van der Waals surface area contributed by atoms with Gasteiger partial charge in [-0.3, -0.25) is 0 Å². The maximum absolute atomic E-state index is 5.77. The minimum absolute atomic E-state index is 0.338. The van der Waals surface area contributed by atoms with Gasteiger partial charge in [-0.1, -0.05) is 13.8 Å². The lowest BCUT2D eigenvalue weighted by Crippen LogP contribution is -2.44. The summed E-state index contributed by atoms with van der Waals surface area (Å²) in [5.41, 5.74) is 6.24. The molecule has 0 radical (unpaired) electrons. The van der Waals surface area contributed by atoms with Crippen molar-refractivity contribution in [3.05, 3.63) is 0 Å². The molecule has 1 rings (SSSR count). The Morgan fingerprint density at radius 2 is 1.92 bits per heavy atom. The Balaban J connectivity index is 2.31. The summed E-state index contributed by atoms with van der Waals surface area (Å²) in [4.78, 5) is 0. The molecule has 0 spiro atoms. The van der Waals surface area contributed by atoms with Crippen LogP contribution in [0.3, 0.4) is 0 Å². The van der Waals surface area contributed by atoms with Crippen molar-refractivity contribution in [2.24, 2.45) is 17.1 Å². The van der Waals surface area contributed by atoms with E-state index in [2.05, 4.69) is 20.8 Å². The highest BCUT2D eigenvalue weighted by atomic mass is 16.5.